The Labute approximate surface area is 143 Å². The Balaban J connectivity index is 0.000000197. The van der Waals surface area contributed by atoms with Crippen molar-refractivity contribution < 1.29 is 29.4 Å². The van der Waals surface area contributed by atoms with Crippen molar-refractivity contribution in [1.29, 1.82) is 0 Å². The fourth-order valence-corrected chi connectivity index (χ4v) is 2.42. The fraction of sp³-hybridized carbons (Fsp3) is 0.375. The summed E-state index contributed by atoms with van der Waals surface area (Å²) in [7, 11) is 0. The van der Waals surface area contributed by atoms with Crippen molar-refractivity contribution in [3.63, 3.8) is 0 Å². The smallest absolute Gasteiger partial charge is 0.328 e. The second kappa shape index (κ2) is 6.42. The summed E-state index contributed by atoms with van der Waals surface area (Å²) in [5.41, 5.74) is 1.89. The molecular formula is C16H17N3O6. The molecule has 25 heavy (non-hydrogen) atoms. The molecule has 0 saturated carbocycles. The molecule has 0 amide bonds. The largest absolute Gasteiger partial charge is 0.478 e. The Morgan fingerprint density at radius 1 is 0.800 bits per heavy atom. The van der Waals surface area contributed by atoms with Gasteiger partial charge in [-0.2, -0.15) is 0 Å². The van der Waals surface area contributed by atoms with E-state index in [1.165, 1.54) is 6.08 Å². The lowest BCUT2D eigenvalue weighted by Crippen LogP contribution is -2.29. The molecule has 3 fully saturated rings. The van der Waals surface area contributed by atoms with Crippen LogP contribution in [0.4, 0.5) is 0 Å². The summed E-state index contributed by atoms with van der Waals surface area (Å²) in [5, 5.41) is 15.6. The third-order valence-electron chi connectivity index (χ3n) is 3.86. The summed E-state index contributed by atoms with van der Waals surface area (Å²) >= 11 is 0. The summed E-state index contributed by atoms with van der Waals surface area (Å²) in [4.78, 5) is 49.6. The molecule has 132 valence electrons. The normalized spacial score (nSPS) is 21.1. The van der Waals surface area contributed by atoms with Gasteiger partial charge in [0.05, 0.1) is 5.70 Å². The molecule has 1 aliphatic carbocycles. The SMILES string of the molecule is O=C(O)/C=C\C(=O)O.O=C1C=C(N2CC2)C(=O)C(N2CC2)=C1N1CC1. The minimum atomic E-state index is -1.26. The molecule has 3 aliphatic heterocycles. The van der Waals surface area contributed by atoms with Gasteiger partial charge in [0.15, 0.2) is 0 Å². The van der Waals surface area contributed by atoms with E-state index in [1.54, 1.807) is 0 Å². The molecule has 0 bridgehead atoms. The molecule has 2 N–H and O–H groups in total. The first kappa shape index (κ1) is 16.7. The maximum Gasteiger partial charge on any atom is 0.328 e. The monoisotopic (exact) mass is 347 g/mol. The highest BCUT2D eigenvalue weighted by Crippen LogP contribution is 2.33. The number of carboxylic acid groups (broad SMARTS) is 2. The van der Waals surface area contributed by atoms with Crippen LogP contribution in [0.25, 0.3) is 0 Å². The number of hydrogen-bond donors (Lipinski definition) is 2. The minimum absolute atomic E-state index is 0.00546. The number of allylic oxidation sites excluding steroid dienone is 1. The summed E-state index contributed by atoms with van der Waals surface area (Å²) in [6.45, 7) is 5.41. The zero-order valence-corrected chi connectivity index (χ0v) is 13.3. The zero-order chi connectivity index (χ0) is 18.1. The highest BCUT2D eigenvalue weighted by molar-refractivity contribution is 6.22. The predicted molar refractivity (Wildman–Crippen MR) is 84.3 cm³/mol. The van der Waals surface area contributed by atoms with E-state index in [9.17, 15) is 19.2 Å². The van der Waals surface area contributed by atoms with Crippen molar-refractivity contribution in [2.24, 2.45) is 0 Å². The third kappa shape index (κ3) is 4.06. The van der Waals surface area contributed by atoms with E-state index < -0.39 is 11.9 Å². The van der Waals surface area contributed by atoms with Gasteiger partial charge in [-0.05, 0) is 0 Å². The molecule has 9 nitrogen and oxygen atoms in total. The second-order valence-corrected chi connectivity index (χ2v) is 5.89. The van der Waals surface area contributed by atoms with Gasteiger partial charge in [-0.1, -0.05) is 0 Å². The van der Waals surface area contributed by atoms with Crippen LogP contribution in [-0.4, -0.2) is 87.7 Å². The molecular weight excluding hydrogens is 330 g/mol. The first-order valence-electron chi connectivity index (χ1n) is 7.82. The average molecular weight is 347 g/mol. The van der Waals surface area contributed by atoms with Crippen molar-refractivity contribution in [2.45, 2.75) is 0 Å². The van der Waals surface area contributed by atoms with Gasteiger partial charge >= 0.3 is 11.9 Å². The van der Waals surface area contributed by atoms with Crippen LogP contribution in [0.15, 0.2) is 35.3 Å². The number of aliphatic carboxylic acids is 2. The van der Waals surface area contributed by atoms with E-state index >= 15 is 0 Å². The van der Waals surface area contributed by atoms with Crippen molar-refractivity contribution in [2.75, 3.05) is 39.3 Å². The maximum atomic E-state index is 12.4. The van der Waals surface area contributed by atoms with E-state index in [0.717, 1.165) is 39.3 Å². The number of carbonyl (C=O) groups is 4. The number of carbonyl (C=O) groups excluding carboxylic acids is 2. The number of hydrogen-bond acceptors (Lipinski definition) is 7. The first-order chi connectivity index (χ1) is 11.9. The van der Waals surface area contributed by atoms with Gasteiger partial charge < -0.3 is 24.9 Å². The third-order valence-corrected chi connectivity index (χ3v) is 3.86. The number of carboxylic acids is 2. The Morgan fingerprint density at radius 2 is 1.24 bits per heavy atom. The van der Waals surface area contributed by atoms with Crippen LogP contribution in [0, 0.1) is 0 Å². The van der Waals surface area contributed by atoms with Crippen LogP contribution in [-0.2, 0) is 19.2 Å². The van der Waals surface area contributed by atoms with Crippen LogP contribution in [0.5, 0.6) is 0 Å². The lowest BCUT2D eigenvalue weighted by molar-refractivity contribution is -0.134. The number of Topliss-reactive ketones (excluding diaryl/α,β-unsaturated/α-hetero) is 1. The lowest BCUT2D eigenvalue weighted by Gasteiger charge is -2.21. The van der Waals surface area contributed by atoms with E-state index in [-0.39, 0.29) is 11.6 Å². The molecule has 4 rings (SSSR count). The summed E-state index contributed by atoms with van der Waals surface area (Å²) in [5.74, 6) is -2.47. The van der Waals surface area contributed by atoms with Gasteiger partial charge in [-0.3, -0.25) is 9.59 Å². The van der Waals surface area contributed by atoms with E-state index in [4.69, 9.17) is 10.2 Å². The van der Waals surface area contributed by atoms with Gasteiger partial charge in [0.1, 0.15) is 11.4 Å². The molecule has 0 atom stereocenters. The second-order valence-electron chi connectivity index (χ2n) is 5.89. The fourth-order valence-electron chi connectivity index (χ4n) is 2.42. The molecule has 0 radical (unpaired) electrons. The summed E-state index contributed by atoms with van der Waals surface area (Å²) in [6.07, 6.45) is 2.64. The molecule has 3 heterocycles. The highest BCUT2D eigenvalue weighted by atomic mass is 16.4. The van der Waals surface area contributed by atoms with Crippen molar-refractivity contribution in [3.8, 4) is 0 Å². The first-order valence-corrected chi connectivity index (χ1v) is 7.82. The van der Waals surface area contributed by atoms with Gasteiger partial charge in [0.2, 0.25) is 11.6 Å². The summed E-state index contributed by atoms with van der Waals surface area (Å²) in [6, 6.07) is 0. The molecule has 0 aromatic rings. The molecule has 4 aliphatic rings. The van der Waals surface area contributed by atoms with Crippen LogP contribution >= 0.6 is 0 Å². The quantitative estimate of drug-likeness (QED) is 0.363. The van der Waals surface area contributed by atoms with Crippen LogP contribution in [0.1, 0.15) is 0 Å². The molecule has 3 saturated heterocycles. The van der Waals surface area contributed by atoms with Crippen LogP contribution < -0.4 is 0 Å². The van der Waals surface area contributed by atoms with E-state index in [0.29, 0.717) is 29.2 Å². The Morgan fingerprint density at radius 3 is 1.64 bits per heavy atom. The standard InChI is InChI=1S/C12H13N3O2.C4H4O4/c16-9-7-8(13-1-2-13)12(17)11(15-5-6-15)10(9)14-3-4-14;5-3(6)1-2-4(7)8/h7H,1-6H2;1-2H,(H,5,6)(H,7,8)/b;2-1-. The predicted octanol–water partition coefficient (Wildman–Crippen LogP) is -1.11. The van der Waals surface area contributed by atoms with Crippen LogP contribution in [0.2, 0.25) is 0 Å². The average Bonchev–Trinajstić information content (AvgIpc) is 3.37. The van der Waals surface area contributed by atoms with Crippen molar-refractivity contribution in [1.82, 2.24) is 14.7 Å². The Kier molecular flexibility index (Phi) is 4.30. The van der Waals surface area contributed by atoms with E-state index in [2.05, 4.69) is 0 Å². The van der Waals surface area contributed by atoms with Gasteiger partial charge in [-0.25, -0.2) is 9.59 Å². The van der Waals surface area contributed by atoms with E-state index in [1.807, 2.05) is 14.7 Å². The van der Waals surface area contributed by atoms with Gasteiger partial charge in [0, 0.05) is 57.5 Å². The molecule has 9 heteroatoms. The van der Waals surface area contributed by atoms with Crippen LogP contribution in [0.3, 0.4) is 0 Å². The van der Waals surface area contributed by atoms with Crippen molar-refractivity contribution in [3.05, 3.63) is 35.3 Å². The molecule has 0 aromatic heterocycles. The number of ketones is 2. The lowest BCUT2D eigenvalue weighted by atomic mass is 10.0. The Hall–Kier alpha value is -3.10. The zero-order valence-electron chi connectivity index (χ0n) is 13.3. The van der Waals surface area contributed by atoms with Gasteiger partial charge in [0.25, 0.3) is 0 Å². The molecule has 0 unspecified atom stereocenters. The minimum Gasteiger partial charge on any atom is -0.478 e. The maximum absolute atomic E-state index is 12.4. The molecule has 0 spiro atoms. The van der Waals surface area contributed by atoms with Gasteiger partial charge in [-0.15, -0.1) is 0 Å². The number of rotatable bonds is 5. The van der Waals surface area contributed by atoms with Crippen molar-refractivity contribution >= 4 is 23.5 Å². The number of nitrogens with zero attached hydrogens (tertiary/aromatic N) is 3. The topological polar surface area (TPSA) is 118 Å². The highest BCUT2D eigenvalue weighted by Gasteiger charge is 2.43. The summed E-state index contributed by atoms with van der Waals surface area (Å²) < 4.78 is 0. The Bertz CT molecular complexity index is 723. The molecule has 0 aromatic carbocycles.